The van der Waals surface area contributed by atoms with Gasteiger partial charge in [-0.1, -0.05) is 0 Å². The Morgan fingerprint density at radius 2 is 2.10 bits per heavy atom. The van der Waals surface area contributed by atoms with Gasteiger partial charge in [-0.25, -0.2) is 4.79 Å². The first-order chi connectivity index (χ1) is 10.1. The van der Waals surface area contributed by atoms with Crippen LogP contribution in [0, 0.1) is 16.0 Å². The molecule has 0 saturated carbocycles. The molecule has 0 aliphatic carbocycles. The molecule has 1 aromatic carbocycles. The van der Waals surface area contributed by atoms with Gasteiger partial charge in [0, 0.05) is 24.5 Å². The summed E-state index contributed by atoms with van der Waals surface area (Å²) in [5, 5.41) is 10.5. The second-order valence-electron chi connectivity index (χ2n) is 4.81. The molecule has 2 heterocycles. The van der Waals surface area contributed by atoms with Gasteiger partial charge in [0.25, 0.3) is 5.69 Å². The molecule has 2 aliphatic heterocycles. The van der Waals surface area contributed by atoms with E-state index < -0.39 is 17.4 Å². The minimum atomic E-state index is -0.908. The molecule has 8 nitrogen and oxygen atoms in total. The van der Waals surface area contributed by atoms with E-state index in [-0.39, 0.29) is 23.6 Å². The maximum atomic E-state index is 11.6. The van der Waals surface area contributed by atoms with Gasteiger partial charge in [0.1, 0.15) is 5.75 Å². The molecule has 0 spiro atoms. The lowest BCUT2D eigenvalue weighted by Gasteiger charge is -2.13. The molecule has 21 heavy (non-hydrogen) atoms. The number of fused-ring (bicyclic) bond motifs is 1. The highest BCUT2D eigenvalue weighted by molar-refractivity contribution is 5.64. The minimum Gasteiger partial charge on any atom is -0.404 e. The standard InChI is InChI=1S/C13H13NO7/c15-13(19-10-3-1-9(2-4-10)14(16)17)21-11-7-8-5-6-18-12(8)20-11/h1-4,8,11-12H,5-7H2. The number of ether oxygens (including phenoxy) is 4. The Balaban J connectivity index is 1.51. The van der Waals surface area contributed by atoms with Crippen molar-refractivity contribution in [3.8, 4) is 5.75 Å². The molecule has 112 valence electrons. The molecule has 2 saturated heterocycles. The van der Waals surface area contributed by atoms with Crippen molar-refractivity contribution < 1.29 is 28.7 Å². The number of carbonyl (C=O) groups excluding carboxylic acids is 1. The molecule has 8 heteroatoms. The molecule has 3 rings (SSSR count). The lowest BCUT2D eigenvalue weighted by atomic mass is 10.1. The van der Waals surface area contributed by atoms with Crippen molar-refractivity contribution in [3.05, 3.63) is 34.4 Å². The molecule has 0 N–H and O–H groups in total. The Hall–Kier alpha value is -2.19. The summed E-state index contributed by atoms with van der Waals surface area (Å²) in [4.78, 5) is 21.6. The lowest BCUT2D eigenvalue weighted by molar-refractivity contribution is -0.384. The fourth-order valence-corrected chi connectivity index (χ4v) is 2.38. The smallest absolute Gasteiger partial charge is 0.404 e. The third kappa shape index (κ3) is 3.11. The summed E-state index contributed by atoms with van der Waals surface area (Å²) in [6.07, 6.45) is -0.413. The van der Waals surface area contributed by atoms with Crippen LogP contribution in [-0.4, -0.2) is 30.3 Å². The highest BCUT2D eigenvalue weighted by atomic mass is 16.8. The molecule has 3 unspecified atom stereocenters. The number of benzene rings is 1. The molecular weight excluding hydrogens is 282 g/mol. The van der Waals surface area contributed by atoms with Crippen LogP contribution in [0.1, 0.15) is 12.8 Å². The van der Waals surface area contributed by atoms with E-state index in [1.54, 1.807) is 0 Å². The van der Waals surface area contributed by atoms with Crippen LogP contribution in [0.15, 0.2) is 24.3 Å². The Labute approximate surface area is 119 Å². The zero-order chi connectivity index (χ0) is 14.8. The van der Waals surface area contributed by atoms with Gasteiger partial charge >= 0.3 is 6.16 Å². The van der Waals surface area contributed by atoms with E-state index in [2.05, 4.69) is 0 Å². The SMILES string of the molecule is O=C(Oc1ccc([N+](=O)[O-])cc1)OC1CC2CCOC2O1. The van der Waals surface area contributed by atoms with Gasteiger partial charge in [0.2, 0.25) is 6.29 Å². The molecule has 2 aliphatic rings. The van der Waals surface area contributed by atoms with Gasteiger partial charge in [0.15, 0.2) is 6.29 Å². The third-order valence-corrected chi connectivity index (χ3v) is 3.41. The summed E-state index contributed by atoms with van der Waals surface area (Å²) in [5.74, 6) is 0.419. The third-order valence-electron chi connectivity index (χ3n) is 3.41. The van der Waals surface area contributed by atoms with Gasteiger partial charge in [0.05, 0.1) is 11.5 Å². The normalized spacial score (nSPS) is 27.1. The number of hydrogen-bond donors (Lipinski definition) is 0. The second-order valence-corrected chi connectivity index (χ2v) is 4.81. The summed E-state index contributed by atoms with van der Waals surface area (Å²) in [6.45, 7) is 0.662. The monoisotopic (exact) mass is 295 g/mol. The molecule has 0 bridgehead atoms. The van der Waals surface area contributed by atoms with Gasteiger partial charge in [-0.05, 0) is 18.6 Å². The molecule has 0 amide bonds. The molecule has 2 fully saturated rings. The van der Waals surface area contributed by atoms with Gasteiger partial charge in [-0.3, -0.25) is 10.1 Å². The lowest BCUT2D eigenvalue weighted by Crippen LogP contribution is -2.21. The van der Waals surface area contributed by atoms with Crippen LogP contribution in [0.3, 0.4) is 0 Å². The first-order valence-electron chi connectivity index (χ1n) is 6.52. The van der Waals surface area contributed by atoms with Crippen LogP contribution in [0.4, 0.5) is 10.5 Å². The summed E-state index contributed by atoms with van der Waals surface area (Å²) >= 11 is 0. The van der Waals surface area contributed by atoms with Crippen molar-refractivity contribution in [1.82, 2.24) is 0 Å². The summed E-state index contributed by atoms with van der Waals surface area (Å²) < 4.78 is 20.7. The number of carbonyl (C=O) groups is 1. The topological polar surface area (TPSA) is 97.1 Å². The van der Waals surface area contributed by atoms with Crippen LogP contribution in [-0.2, 0) is 14.2 Å². The van der Waals surface area contributed by atoms with Crippen molar-refractivity contribution in [2.75, 3.05) is 6.61 Å². The van der Waals surface area contributed by atoms with Gasteiger partial charge < -0.3 is 18.9 Å². The van der Waals surface area contributed by atoms with Crippen molar-refractivity contribution in [2.45, 2.75) is 25.4 Å². The van der Waals surface area contributed by atoms with E-state index in [1.165, 1.54) is 24.3 Å². The maximum absolute atomic E-state index is 11.6. The molecule has 3 atom stereocenters. The van der Waals surface area contributed by atoms with E-state index in [1.807, 2.05) is 0 Å². The maximum Gasteiger partial charge on any atom is 0.516 e. The number of nitrogens with zero attached hydrogens (tertiary/aromatic N) is 1. The average Bonchev–Trinajstić information content (AvgIpc) is 3.00. The van der Waals surface area contributed by atoms with E-state index in [0.29, 0.717) is 13.0 Å². The first-order valence-corrected chi connectivity index (χ1v) is 6.52. The largest absolute Gasteiger partial charge is 0.516 e. The van der Waals surface area contributed by atoms with Crippen molar-refractivity contribution in [1.29, 1.82) is 0 Å². The summed E-state index contributed by atoms with van der Waals surface area (Å²) in [6, 6.07) is 5.14. The number of hydrogen-bond acceptors (Lipinski definition) is 7. The average molecular weight is 295 g/mol. The van der Waals surface area contributed by atoms with Crippen LogP contribution in [0.25, 0.3) is 0 Å². The van der Waals surface area contributed by atoms with Crippen LogP contribution in [0.2, 0.25) is 0 Å². The Kier molecular flexibility index (Phi) is 3.72. The number of nitro benzene ring substituents is 1. The minimum absolute atomic E-state index is 0.0835. The molecular formula is C13H13NO7. The predicted octanol–water partition coefficient (Wildman–Crippen LogP) is 2.22. The van der Waals surface area contributed by atoms with E-state index in [9.17, 15) is 14.9 Å². The molecule has 1 aromatic rings. The predicted molar refractivity (Wildman–Crippen MR) is 67.5 cm³/mol. The van der Waals surface area contributed by atoms with Crippen molar-refractivity contribution in [2.24, 2.45) is 5.92 Å². The first kappa shape index (κ1) is 13.8. The quantitative estimate of drug-likeness (QED) is 0.365. The van der Waals surface area contributed by atoms with Gasteiger partial charge in [-0.15, -0.1) is 0 Å². The highest BCUT2D eigenvalue weighted by Gasteiger charge is 2.41. The number of rotatable bonds is 3. The van der Waals surface area contributed by atoms with E-state index in [4.69, 9.17) is 18.9 Å². The summed E-state index contributed by atoms with van der Waals surface area (Å²) in [7, 11) is 0. The van der Waals surface area contributed by atoms with Crippen LogP contribution < -0.4 is 4.74 Å². The Bertz CT molecular complexity index is 532. The number of nitro groups is 1. The zero-order valence-corrected chi connectivity index (χ0v) is 11.0. The Morgan fingerprint density at radius 3 is 2.76 bits per heavy atom. The van der Waals surface area contributed by atoms with E-state index in [0.717, 1.165) is 6.42 Å². The summed E-state index contributed by atoms with van der Waals surface area (Å²) in [5.41, 5.74) is -0.0835. The second kappa shape index (κ2) is 5.66. The van der Waals surface area contributed by atoms with Crippen LogP contribution >= 0.6 is 0 Å². The van der Waals surface area contributed by atoms with Crippen molar-refractivity contribution >= 4 is 11.8 Å². The van der Waals surface area contributed by atoms with E-state index >= 15 is 0 Å². The Morgan fingerprint density at radius 1 is 1.33 bits per heavy atom. The van der Waals surface area contributed by atoms with Crippen LogP contribution in [0.5, 0.6) is 5.75 Å². The fraction of sp³-hybridized carbons (Fsp3) is 0.462. The van der Waals surface area contributed by atoms with Crippen molar-refractivity contribution in [3.63, 3.8) is 0 Å². The molecule has 0 aromatic heterocycles. The fourth-order valence-electron chi connectivity index (χ4n) is 2.38. The molecule has 0 radical (unpaired) electrons. The number of non-ortho nitro benzene ring substituents is 1. The highest BCUT2D eigenvalue weighted by Crippen LogP contribution is 2.35. The van der Waals surface area contributed by atoms with Gasteiger partial charge in [-0.2, -0.15) is 0 Å². The zero-order valence-electron chi connectivity index (χ0n) is 11.0.